The molecule has 1 amide bonds. The number of anilines is 2. The molecule has 0 aromatic carbocycles. The highest BCUT2D eigenvalue weighted by atomic mass is 35.5. The van der Waals surface area contributed by atoms with Crippen molar-refractivity contribution in [1.29, 1.82) is 0 Å². The second-order valence-electron chi connectivity index (χ2n) is 4.81. The summed E-state index contributed by atoms with van der Waals surface area (Å²) >= 11 is 5.89. The molecule has 1 aromatic rings. The summed E-state index contributed by atoms with van der Waals surface area (Å²) in [6.45, 7) is 2.03. The summed E-state index contributed by atoms with van der Waals surface area (Å²) in [6, 6.07) is 0.304. The van der Waals surface area contributed by atoms with E-state index in [0.29, 0.717) is 6.04 Å². The van der Waals surface area contributed by atoms with E-state index in [1.54, 1.807) is 18.1 Å². The fourth-order valence-corrected chi connectivity index (χ4v) is 2.66. The van der Waals surface area contributed by atoms with Crippen LogP contribution in [0.3, 0.4) is 0 Å². The molecule has 96 valence electrons. The highest BCUT2D eigenvalue weighted by Gasteiger charge is 2.43. The van der Waals surface area contributed by atoms with Gasteiger partial charge in [-0.25, -0.2) is 4.98 Å². The summed E-state index contributed by atoms with van der Waals surface area (Å²) in [5.74, 6) is 0.911. The van der Waals surface area contributed by atoms with Crippen LogP contribution in [0.1, 0.15) is 26.2 Å². The molecule has 1 fully saturated rings. The van der Waals surface area contributed by atoms with Crippen LogP contribution in [0.5, 0.6) is 0 Å². The molecule has 0 N–H and O–H groups in total. The van der Waals surface area contributed by atoms with Crippen LogP contribution in [0.4, 0.5) is 11.5 Å². The Kier molecular flexibility index (Phi) is 2.66. The van der Waals surface area contributed by atoms with Gasteiger partial charge >= 0.3 is 0 Å². The summed E-state index contributed by atoms with van der Waals surface area (Å²) in [4.78, 5) is 24.4. The first-order chi connectivity index (χ1) is 8.63. The van der Waals surface area contributed by atoms with Gasteiger partial charge in [-0.1, -0.05) is 6.92 Å². The molecule has 1 aliphatic heterocycles. The van der Waals surface area contributed by atoms with Gasteiger partial charge in [0.05, 0.1) is 6.20 Å². The number of rotatable bonds is 2. The minimum Gasteiger partial charge on any atom is -0.340 e. The molecule has 1 aromatic heterocycles. The van der Waals surface area contributed by atoms with Crippen molar-refractivity contribution < 1.29 is 4.79 Å². The number of nitrogens with zero attached hydrogens (tertiary/aromatic N) is 4. The molecule has 6 heteroatoms. The lowest BCUT2D eigenvalue weighted by molar-refractivity contribution is -0.120. The molecular weight excluding hydrogens is 252 g/mol. The topological polar surface area (TPSA) is 49.3 Å². The molecule has 3 rings (SSSR count). The van der Waals surface area contributed by atoms with Crippen molar-refractivity contribution in [3.8, 4) is 0 Å². The molecule has 18 heavy (non-hydrogen) atoms. The molecule has 2 aliphatic rings. The van der Waals surface area contributed by atoms with Crippen LogP contribution in [-0.2, 0) is 4.79 Å². The number of likely N-dealkylation sites (N-methyl/N-ethyl adjacent to an activating group) is 1. The standard InChI is InChI=1S/C12H15ClN4O/c1-3-8-11(18)16(2)9-6-14-12(13)15-10(9)17(8)7-4-5-7/h6-8H,3-5H2,1-2H3. The summed E-state index contributed by atoms with van der Waals surface area (Å²) in [5, 5.41) is 0.233. The molecule has 0 bridgehead atoms. The van der Waals surface area contributed by atoms with Gasteiger partial charge in [0.2, 0.25) is 11.2 Å². The number of fused-ring (bicyclic) bond motifs is 1. The fourth-order valence-electron chi connectivity index (χ4n) is 2.53. The number of halogens is 1. The van der Waals surface area contributed by atoms with E-state index >= 15 is 0 Å². The highest BCUT2D eigenvalue weighted by Crippen LogP contribution is 2.41. The van der Waals surface area contributed by atoms with E-state index in [-0.39, 0.29) is 17.2 Å². The minimum atomic E-state index is -0.124. The predicted octanol–water partition coefficient (Wildman–Crippen LogP) is 1.85. The first kappa shape index (κ1) is 11.7. The number of hydrogen-bond acceptors (Lipinski definition) is 4. The lowest BCUT2D eigenvalue weighted by Crippen LogP contribution is -2.53. The predicted molar refractivity (Wildman–Crippen MR) is 70.0 cm³/mol. The van der Waals surface area contributed by atoms with E-state index in [1.165, 1.54) is 0 Å². The molecule has 0 radical (unpaired) electrons. The third-order valence-corrected chi connectivity index (χ3v) is 3.79. The number of carbonyl (C=O) groups is 1. The Bertz CT molecular complexity index is 503. The summed E-state index contributed by atoms with van der Waals surface area (Å²) < 4.78 is 0. The first-order valence-corrected chi connectivity index (χ1v) is 6.59. The van der Waals surface area contributed by atoms with Gasteiger partial charge in [0.25, 0.3) is 0 Å². The van der Waals surface area contributed by atoms with Gasteiger partial charge in [-0.15, -0.1) is 0 Å². The van der Waals surface area contributed by atoms with Gasteiger partial charge in [0.1, 0.15) is 11.7 Å². The molecular formula is C12H15ClN4O. The van der Waals surface area contributed by atoms with E-state index in [1.807, 2.05) is 6.92 Å². The molecule has 1 unspecified atom stereocenters. The van der Waals surface area contributed by atoms with Crippen molar-refractivity contribution in [2.24, 2.45) is 0 Å². The van der Waals surface area contributed by atoms with Crippen molar-refractivity contribution in [2.45, 2.75) is 38.3 Å². The molecule has 1 saturated carbocycles. The zero-order valence-corrected chi connectivity index (χ0v) is 11.2. The highest BCUT2D eigenvalue weighted by molar-refractivity contribution is 6.28. The molecule has 0 spiro atoms. The minimum absolute atomic E-state index is 0.114. The van der Waals surface area contributed by atoms with E-state index < -0.39 is 0 Å². The molecule has 1 aliphatic carbocycles. The molecule has 5 nitrogen and oxygen atoms in total. The van der Waals surface area contributed by atoms with Crippen molar-refractivity contribution >= 4 is 29.0 Å². The summed E-state index contributed by atoms with van der Waals surface area (Å²) in [5.41, 5.74) is 0.751. The van der Waals surface area contributed by atoms with Crippen LogP contribution in [0, 0.1) is 0 Å². The van der Waals surface area contributed by atoms with Crippen LogP contribution >= 0.6 is 11.6 Å². The molecule has 1 atom stereocenters. The quantitative estimate of drug-likeness (QED) is 0.767. The van der Waals surface area contributed by atoms with Crippen LogP contribution in [0.25, 0.3) is 0 Å². The maximum Gasteiger partial charge on any atom is 0.249 e. The van der Waals surface area contributed by atoms with Crippen molar-refractivity contribution in [3.63, 3.8) is 0 Å². The van der Waals surface area contributed by atoms with Gasteiger partial charge < -0.3 is 9.80 Å². The Hall–Kier alpha value is -1.36. The Balaban J connectivity index is 2.13. The zero-order valence-electron chi connectivity index (χ0n) is 10.4. The number of hydrogen-bond donors (Lipinski definition) is 0. The Morgan fingerprint density at radius 1 is 1.50 bits per heavy atom. The van der Waals surface area contributed by atoms with E-state index in [2.05, 4.69) is 14.9 Å². The number of amides is 1. The van der Waals surface area contributed by atoms with Gasteiger partial charge in [-0.3, -0.25) is 4.79 Å². The second kappa shape index (κ2) is 4.09. The monoisotopic (exact) mass is 266 g/mol. The van der Waals surface area contributed by atoms with Crippen LogP contribution in [-0.4, -0.2) is 35.0 Å². The summed E-state index contributed by atoms with van der Waals surface area (Å²) in [6.07, 6.45) is 4.65. The average Bonchev–Trinajstić information content (AvgIpc) is 3.17. The summed E-state index contributed by atoms with van der Waals surface area (Å²) in [7, 11) is 1.77. The first-order valence-electron chi connectivity index (χ1n) is 6.22. The molecule has 0 saturated heterocycles. The van der Waals surface area contributed by atoms with Gasteiger partial charge in [-0.2, -0.15) is 4.98 Å². The van der Waals surface area contributed by atoms with Crippen LogP contribution in [0.2, 0.25) is 5.28 Å². The van der Waals surface area contributed by atoms with Gasteiger partial charge in [0.15, 0.2) is 5.82 Å². The maximum absolute atomic E-state index is 12.3. The number of aromatic nitrogens is 2. The lowest BCUT2D eigenvalue weighted by atomic mass is 10.1. The van der Waals surface area contributed by atoms with E-state index in [9.17, 15) is 4.79 Å². The van der Waals surface area contributed by atoms with Crippen molar-refractivity contribution in [3.05, 3.63) is 11.5 Å². The largest absolute Gasteiger partial charge is 0.340 e. The average molecular weight is 267 g/mol. The van der Waals surface area contributed by atoms with Gasteiger partial charge in [0, 0.05) is 13.1 Å². The fraction of sp³-hybridized carbons (Fsp3) is 0.583. The second-order valence-corrected chi connectivity index (χ2v) is 5.15. The molecule has 2 heterocycles. The van der Waals surface area contributed by atoms with Crippen LogP contribution in [0.15, 0.2) is 6.20 Å². The maximum atomic E-state index is 12.3. The Morgan fingerprint density at radius 3 is 2.83 bits per heavy atom. The van der Waals surface area contributed by atoms with Crippen molar-refractivity contribution in [1.82, 2.24) is 9.97 Å². The van der Waals surface area contributed by atoms with E-state index in [4.69, 9.17) is 11.6 Å². The van der Waals surface area contributed by atoms with Gasteiger partial charge in [-0.05, 0) is 30.9 Å². The Labute approximate surface area is 111 Å². The third-order valence-electron chi connectivity index (χ3n) is 3.60. The third kappa shape index (κ3) is 1.65. The smallest absolute Gasteiger partial charge is 0.249 e. The lowest BCUT2D eigenvalue weighted by Gasteiger charge is -2.40. The van der Waals surface area contributed by atoms with Crippen molar-refractivity contribution in [2.75, 3.05) is 16.8 Å². The normalized spacial score (nSPS) is 23.3. The SMILES string of the molecule is CCC1C(=O)N(C)c2cnc(Cl)nc2N1C1CC1. The van der Waals surface area contributed by atoms with E-state index in [0.717, 1.165) is 30.8 Å². The number of carbonyl (C=O) groups excluding carboxylic acids is 1. The zero-order chi connectivity index (χ0) is 12.9. The van der Waals surface area contributed by atoms with Crippen LogP contribution < -0.4 is 9.80 Å². The Morgan fingerprint density at radius 2 is 2.22 bits per heavy atom.